The van der Waals surface area contributed by atoms with Crippen molar-refractivity contribution < 1.29 is 20.1 Å². The van der Waals surface area contributed by atoms with Crippen LogP contribution in [0.2, 0.25) is 0 Å². The number of aromatic nitrogens is 3. The van der Waals surface area contributed by atoms with Crippen LogP contribution in [0.5, 0.6) is 0 Å². The first-order valence-electron chi connectivity index (χ1n) is 22.2. The van der Waals surface area contributed by atoms with Gasteiger partial charge in [0.25, 0.3) is 0 Å². The Morgan fingerprint density at radius 3 is 1.84 bits per heavy atom. The van der Waals surface area contributed by atoms with Gasteiger partial charge in [0.15, 0.2) is 0 Å². The molecule has 0 aliphatic rings. The molecule has 0 fully saturated rings. The Kier molecular flexibility index (Phi) is 13.2. The second kappa shape index (κ2) is 19.1. The number of hydrogen-bond donors (Lipinski definition) is 0. The van der Waals surface area contributed by atoms with E-state index in [2.05, 4.69) is 234 Å². The summed E-state index contributed by atoms with van der Waals surface area (Å²) in [5.41, 5.74) is 16.6. The third-order valence-corrected chi connectivity index (χ3v) is 12.2. The molecule has 0 saturated carbocycles. The molecule has 4 heteroatoms. The van der Waals surface area contributed by atoms with Crippen molar-refractivity contribution in [3.8, 4) is 50.6 Å². The fraction of sp³-hybridized carbons (Fsp3) is 0.167. The predicted octanol–water partition coefficient (Wildman–Crippen LogP) is 16.4. The summed E-state index contributed by atoms with van der Waals surface area (Å²) in [7, 11) is 0. The van der Waals surface area contributed by atoms with Crippen LogP contribution in [-0.4, -0.2) is 14.5 Å². The third kappa shape index (κ3) is 8.87. The number of rotatable bonds is 8. The molecule has 10 aromatic rings. The molecule has 1 radical (unpaired) electrons. The van der Waals surface area contributed by atoms with Crippen LogP contribution in [0.25, 0.3) is 83.2 Å². The predicted molar refractivity (Wildman–Crippen MR) is 267 cm³/mol. The Morgan fingerprint density at radius 1 is 0.516 bits per heavy atom. The Morgan fingerprint density at radius 2 is 1.14 bits per heavy atom. The number of aryl methyl sites for hydroxylation is 1. The van der Waals surface area contributed by atoms with E-state index in [4.69, 9.17) is 4.98 Å². The summed E-state index contributed by atoms with van der Waals surface area (Å²) in [5.74, 6) is 2.08. The Bertz CT molecular complexity index is 3190. The molecule has 0 aliphatic carbocycles. The molecule has 319 valence electrons. The summed E-state index contributed by atoms with van der Waals surface area (Å²) in [6.45, 7) is 15.7. The van der Waals surface area contributed by atoms with Crippen LogP contribution in [-0.2, 0) is 20.1 Å². The smallest absolute Gasteiger partial charge is 0.0774 e. The molecule has 0 saturated heterocycles. The number of para-hydroxylation sites is 2. The van der Waals surface area contributed by atoms with E-state index in [1.807, 2.05) is 12.3 Å². The molecule has 0 unspecified atom stereocenters. The van der Waals surface area contributed by atoms with E-state index in [1.54, 1.807) is 0 Å². The van der Waals surface area contributed by atoms with E-state index in [-0.39, 0.29) is 20.1 Å². The number of benzene rings is 8. The minimum Gasteiger partial charge on any atom is -0.333 e. The van der Waals surface area contributed by atoms with E-state index in [1.165, 1.54) is 71.7 Å². The maximum Gasteiger partial charge on any atom is 0.0774 e. The largest absolute Gasteiger partial charge is 0.333 e. The van der Waals surface area contributed by atoms with Crippen molar-refractivity contribution >= 4 is 32.6 Å². The van der Waals surface area contributed by atoms with Gasteiger partial charge in [-0.25, -0.2) is 0 Å². The Labute approximate surface area is 392 Å². The van der Waals surface area contributed by atoms with Gasteiger partial charge in [0, 0.05) is 32.0 Å². The van der Waals surface area contributed by atoms with Crippen LogP contribution in [0, 0.1) is 19.1 Å². The number of nitrogens with zero attached hydrogens (tertiary/aromatic N) is 3. The zero-order chi connectivity index (χ0) is 43.6. The summed E-state index contributed by atoms with van der Waals surface area (Å²) >= 11 is 0. The quantitative estimate of drug-likeness (QED) is 0.112. The Hall–Kier alpha value is -6.45. The minimum absolute atomic E-state index is 0. The number of fused-ring (bicyclic) bond motifs is 4. The SMILES string of the molecule is CC(C)c1cc(-c2ccccc2)cc(C(C)C)c1-n1c(-c2[c-]cc3c(ccc4ccccc43)c2)nc2ccccc21.Cc1c[c-]c(-c2cc(C(C)C)ccn2)cc1-c1ccccc1.[Ir]. The molecule has 0 bridgehead atoms. The first kappa shape index (κ1) is 44.2. The molecule has 2 aromatic heterocycles. The van der Waals surface area contributed by atoms with E-state index in [0.29, 0.717) is 17.8 Å². The van der Waals surface area contributed by atoms with Gasteiger partial charge in [-0.3, -0.25) is 4.98 Å². The number of imidazole rings is 1. The van der Waals surface area contributed by atoms with E-state index < -0.39 is 0 Å². The maximum atomic E-state index is 5.24. The van der Waals surface area contributed by atoms with E-state index in [0.717, 1.165) is 33.7 Å². The monoisotopic (exact) mass is 1010 g/mol. The molecule has 3 nitrogen and oxygen atoms in total. The van der Waals surface area contributed by atoms with Gasteiger partial charge in [0.05, 0.1) is 16.9 Å². The first-order chi connectivity index (χ1) is 30.6. The first-order valence-corrected chi connectivity index (χ1v) is 22.2. The Balaban J connectivity index is 0.000000206. The maximum absolute atomic E-state index is 5.24. The number of hydrogen-bond acceptors (Lipinski definition) is 2. The summed E-state index contributed by atoms with van der Waals surface area (Å²) in [6.07, 6.45) is 1.89. The molecule has 64 heavy (non-hydrogen) atoms. The summed E-state index contributed by atoms with van der Waals surface area (Å²) < 4.78 is 2.40. The molecule has 0 aliphatic heterocycles. The molecule has 0 spiro atoms. The second-order valence-electron chi connectivity index (χ2n) is 17.5. The number of pyridine rings is 1. The zero-order valence-corrected chi connectivity index (χ0v) is 40.0. The van der Waals surface area contributed by atoms with Gasteiger partial charge in [-0.2, -0.15) is 0 Å². The van der Waals surface area contributed by atoms with Gasteiger partial charge in [-0.05, 0) is 87.0 Å². The van der Waals surface area contributed by atoms with Crippen LogP contribution < -0.4 is 0 Å². The summed E-state index contributed by atoms with van der Waals surface area (Å²) in [4.78, 5) is 9.77. The van der Waals surface area contributed by atoms with Crippen LogP contribution >= 0.6 is 0 Å². The fourth-order valence-electron chi connectivity index (χ4n) is 8.72. The summed E-state index contributed by atoms with van der Waals surface area (Å²) in [6, 6.07) is 67.4. The van der Waals surface area contributed by atoms with Gasteiger partial charge in [0.2, 0.25) is 0 Å². The fourth-order valence-corrected chi connectivity index (χ4v) is 8.72. The molecule has 0 amide bonds. The van der Waals surface area contributed by atoms with Crippen molar-refractivity contribution in [2.75, 3.05) is 0 Å². The van der Waals surface area contributed by atoms with Crippen LogP contribution in [0.3, 0.4) is 0 Å². The van der Waals surface area contributed by atoms with Crippen molar-refractivity contribution in [1.82, 2.24) is 14.5 Å². The standard InChI is InChI=1S/C39H33N2.C21H20N.Ir/c1-25(2)34-23-31(27-12-6-5-7-13-27)24-35(26(3)4)38(34)41-37-17-11-10-16-36(37)40-39(41)30-20-21-33-29(22-30)19-18-28-14-8-9-15-32(28)33;1-15(2)18-11-12-22-21(14-18)19-10-9-16(3)20(13-19)17-7-5-4-6-8-17;/h5-19,21-26H,1-4H3;4-9,11-15H,1-3H3;/q2*-1;. The van der Waals surface area contributed by atoms with Crippen molar-refractivity contribution in [2.24, 2.45) is 0 Å². The van der Waals surface area contributed by atoms with Gasteiger partial charge in [-0.15, -0.1) is 58.5 Å². The van der Waals surface area contributed by atoms with Gasteiger partial charge >= 0.3 is 0 Å². The second-order valence-corrected chi connectivity index (χ2v) is 17.5. The average Bonchev–Trinajstić information content (AvgIpc) is 3.71. The van der Waals surface area contributed by atoms with Crippen LogP contribution in [0.1, 0.15) is 81.5 Å². The minimum atomic E-state index is 0. The van der Waals surface area contributed by atoms with Crippen molar-refractivity contribution in [3.63, 3.8) is 0 Å². The third-order valence-electron chi connectivity index (χ3n) is 12.2. The topological polar surface area (TPSA) is 30.7 Å². The van der Waals surface area contributed by atoms with Crippen LogP contribution in [0.15, 0.2) is 176 Å². The normalized spacial score (nSPS) is 11.3. The van der Waals surface area contributed by atoms with Gasteiger partial charge in [-0.1, -0.05) is 186 Å². The molecule has 0 N–H and O–H groups in total. The molecule has 8 aromatic carbocycles. The summed E-state index contributed by atoms with van der Waals surface area (Å²) in [5, 5.41) is 4.91. The molecule has 10 rings (SSSR count). The van der Waals surface area contributed by atoms with Gasteiger partial charge in [0.1, 0.15) is 0 Å². The van der Waals surface area contributed by atoms with E-state index >= 15 is 0 Å². The van der Waals surface area contributed by atoms with Crippen molar-refractivity contribution in [2.45, 2.75) is 66.2 Å². The molecular formula is C60H53IrN3-2. The molecular weight excluding hydrogens is 955 g/mol. The van der Waals surface area contributed by atoms with E-state index in [9.17, 15) is 0 Å². The van der Waals surface area contributed by atoms with Crippen molar-refractivity contribution in [3.05, 3.63) is 210 Å². The average molecular weight is 1010 g/mol. The van der Waals surface area contributed by atoms with Gasteiger partial charge < -0.3 is 9.55 Å². The van der Waals surface area contributed by atoms with Crippen molar-refractivity contribution in [1.29, 1.82) is 0 Å². The zero-order valence-electron chi connectivity index (χ0n) is 37.7. The van der Waals surface area contributed by atoms with Crippen LogP contribution in [0.4, 0.5) is 0 Å². The molecule has 2 heterocycles. The molecule has 0 atom stereocenters.